The number of likely N-dealkylation sites (tertiary alicyclic amines) is 1. The number of aromatic nitrogens is 1. The van der Waals surface area contributed by atoms with Crippen LogP contribution in [0.3, 0.4) is 0 Å². The number of halogens is 3. The molecule has 6 nitrogen and oxygen atoms in total. The second kappa shape index (κ2) is 8.95. The van der Waals surface area contributed by atoms with E-state index in [1.807, 2.05) is 6.07 Å². The van der Waals surface area contributed by atoms with Crippen molar-refractivity contribution in [1.29, 1.82) is 0 Å². The third-order valence-corrected chi connectivity index (χ3v) is 6.84. The zero-order chi connectivity index (χ0) is 24.8. The second-order valence-electron chi connectivity index (χ2n) is 9.91. The minimum absolute atomic E-state index is 0.00737. The summed E-state index contributed by atoms with van der Waals surface area (Å²) < 4.78 is 46.9. The molecule has 3 heterocycles. The molecule has 3 aliphatic rings. The number of nitrogens with one attached hydrogen (secondary N) is 2. The Morgan fingerprint density at radius 3 is 2.77 bits per heavy atom. The molecule has 1 spiro atoms. The third kappa shape index (κ3) is 5.06. The van der Waals surface area contributed by atoms with E-state index in [0.717, 1.165) is 38.0 Å². The second-order valence-corrected chi connectivity index (χ2v) is 9.91. The van der Waals surface area contributed by atoms with Gasteiger partial charge in [-0.25, -0.2) is 4.98 Å². The molecule has 3 fully saturated rings. The smallest absolute Gasteiger partial charge is 0.379 e. The number of carbonyl (C=O) groups excluding carboxylic acids is 1. The summed E-state index contributed by atoms with van der Waals surface area (Å²) in [6.07, 6.45) is 1.38. The summed E-state index contributed by atoms with van der Waals surface area (Å²) in [4.78, 5) is 18.3. The zero-order valence-corrected chi connectivity index (χ0v) is 19.6. The molecule has 1 aromatic heterocycles. The molecule has 0 radical (unpaired) electrons. The number of benzene rings is 1. The van der Waals surface area contributed by atoms with Crippen molar-refractivity contribution >= 4 is 34.0 Å². The molecule has 1 amide bonds. The van der Waals surface area contributed by atoms with Gasteiger partial charge in [0.2, 0.25) is 5.91 Å². The SMILES string of the molecule is C=C(c1nc(/C=C/CNC(=O)C2CC2)cc2c(NC3COC4(C3)CN(C)C4)cccc12)C(F)(F)F. The number of hydrogen-bond donors (Lipinski definition) is 2. The number of rotatable bonds is 7. The number of likely N-dealkylation sites (N-methyl/N-ethyl adjacent to an activating group) is 1. The van der Waals surface area contributed by atoms with Gasteiger partial charge in [-0.3, -0.25) is 4.79 Å². The molecule has 0 bridgehead atoms. The number of ether oxygens (including phenoxy) is 1. The van der Waals surface area contributed by atoms with Crippen LogP contribution in [0, 0.1) is 5.92 Å². The fourth-order valence-corrected chi connectivity index (χ4v) is 5.02. The van der Waals surface area contributed by atoms with Gasteiger partial charge in [-0.05, 0) is 38.1 Å². The highest BCUT2D eigenvalue weighted by Gasteiger charge is 2.48. The molecule has 9 heteroatoms. The average Bonchev–Trinajstić information content (AvgIpc) is 3.56. The Hall–Kier alpha value is -2.91. The van der Waals surface area contributed by atoms with Crippen molar-refractivity contribution < 1.29 is 22.7 Å². The van der Waals surface area contributed by atoms with E-state index >= 15 is 0 Å². The number of nitrogens with zero attached hydrogens (tertiary/aromatic N) is 2. The Balaban J connectivity index is 1.43. The molecule has 2 N–H and O–H groups in total. The minimum atomic E-state index is -4.61. The van der Waals surface area contributed by atoms with Crippen molar-refractivity contribution in [3.05, 3.63) is 48.3 Å². The number of alkyl halides is 3. The van der Waals surface area contributed by atoms with Gasteiger partial charge in [0.25, 0.3) is 0 Å². The van der Waals surface area contributed by atoms with Gasteiger partial charge in [0, 0.05) is 48.4 Å². The zero-order valence-electron chi connectivity index (χ0n) is 19.6. The lowest BCUT2D eigenvalue weighted by molar-refractivity contribution is -0.122. The lowest BCUT2D eigenvalue weighted by Crippen LogP contribution is -2.59. The molecule has 1 unspecified atom stereocenters. The first-order valence-corrected chi connectivity index (χ1v) is 11.9. The van der Waals surface area contributed by atoms with Gasteiger partial charge in [-0.1, -0.05) is 24.8 Å². The summed E-state index contributed by atoms with van der Waals surface area (Å²) in [5, 5.41) is 7.33. The van der Waals surface area contributed by atoms with Crippen LogP contribution < -0.4 is 10.6 Å². The average molecular weight is 487 g/mol. The molecule has 35 heavy (non-hydrogen) atoms. The number of hydrogen-bond acceptors (Lipinski definition) is 5. The van der Waals surface area contributed by atoms with E-state index < -0.39 is 11.7 Å². The van der Waals surface area contributed by atoms with Gasteiger partial charge in [0.15, 0.2) is 0 Å². The van der Waals surface area contributed by atoms with E-state index in [9.17, 15) is 18.0 Å². The fourth-order valence-electron chi connectivity index (χ4n) is 5.02. The Morgan fingerprint density at radius 1 is 1.31 bits per heavy atom. The van der Waals surface area contributed by atoms with Gasteiger partial charge in [0.05, 0.1) is 35.2 Å². The molecule has 1 saturated carbocycles. The van der Waals surface area contributed by atoms with Crippen molar-refractivity contribution in [3.8, 4) is 0 Å². The van der Waals surface area contributed by atoms with E-state index in [1.54, 1.807) is 30.4 Å². The van der Waals surface area contributed by atoms with Crippen LogP contribution >= 0.6 is 0 Å². The van der Waals surface area contributed by atoms with Crippen LogP contribution in [0.2, 0.25) is 0 Å². The van der Waals surface area contributed by atoms with Crippen LogP contribution in [0.5, 0.6) is 0 Å². The van der Waals surface area contributed by atoms with E-state index in [-0.39, 0.29) is 29.2 Å². The summed E-state index contributed by atoms with van der Waals surface area (Å²) in [6.45, 7) is 5.90. The van der Waals surface area contributed by atoms with Crippen LogP contribution in [-0.4, -0.2) is 66.9 Å². The molecule has 2 saturated heterocycles. The molecular weight excluding hydrogens is 457 g/mol. The summed E-state index contributed by atoms with van der Waals surface area (Å²) in [7, 11) is 2.05. The third-order valence-electron chi connectivity index (χ3n) is 6.84. The summed E-state index contributed by atoms with van der Waals surface area (Å²) in [5.74, 6) is 0.101. The summed E-state index contributed by atoms with van der Waals surface area (Å²) in [6, 6.07) is 7.06. The predicted octanol–water partition coefficient (Wildman–Crippen LogP) is 4.23. The normalized spacial score (nSPS) is 22.0. The number of pyridine rings is 1. The van der Waals surface area contributed by atoms with Crippen LogP contribution in [0.25, 0.3) is 22.4 Å². The van der Waals surface area contributed by atoms with Crippen molar-refractivity contribution in [2.45, 2.75) is 37.1 Å². The largest absolute Gasteiger partial charge is 0.417 e. The fraction of sp³-hybridized carbons (Fsp3) is 0.462. The minimum Gasteiger partial charge on any atom is -0.379 e. The number of amides is 1. The Morgan fingerprint density at radius 2 is 2.09 bits per heavy atom. The quantitative estimate of drug-likeness (QED) is 0.613. The number of anilines is 1. The van der Waals surface area contributed by atoms with Gasteiger partial charge in [-0.15, -0.1) is 0 Å². The molecule has 2 aromatic rings. The van der Waals surface area contributed by atoms with Gasteiger partial charge < -0.3 is 20.3 Å². The van der Waals surface area contributed by atoms with E-state index in [1.165, 1.54) is 0 Å². The lowest BCUT2D eigenvalue weighted by atomic mass is 9.90. The topological polar surface area (TPSA) is 66.5 Å². The van der Waals surface area contributed by atoms with Crippen molar-refractivity contribution in [3.63, 3.8) is 0 Å². The first-order chi connectivity index (χ1) is 16.6. The molecule has 186 valence electrons. The molecule has 2 aliphatic heterocycles. The molecule has 5 rings (SSSR count). The highest BCUT2D eigenvalue weighted by Crippen LogP contribution is 2.39. The maximum atomic E-state index is 13.6. The van der Waals surface area contributed by atoms with E-state index in [0.29, 0.717) is 29.6 Å². The van der Waals surface area contributed by atoms with Crippen LogP contribution in [0.1, 0.15) is 30.7 Å². The molecule has 1 atom stereocenters. The van der Waals surface area contributed by atoms with Crippen LogP contribution in [-0.2, 0) is 9.53 Å². The maximum Gasteiger partial charge on any atom is 0.417 e. The van der Waals surface area contributed by atoms with Crippen LogP contribution in [0.4, 0.5) is 18.9 Å². The van der Waals surface area contributed by atoms with Crippen LogP contribution in [0.15, 0.2) is 36.9 Å². The highest BCUT2D eigenvalue weighted by atomic mass is 19.4. The standard InChI is InChI=1S/C26H29F3N4O2/c1-16(26(27,28)29)23-20-6-3-7-22(31-19-12-25(35-13-19)14-33(2)15-25)21(20)11-18(32-23)5-4-10-30-24(34)17-8-9-17/h3-7,11,17,19,31H,1,8-10,12-15H2,2H3,(H,30,34)/b5-4+. The first kappa shape index (κ1) is 23.8. The number of allylic oxidation sites excluding steroid dienone is 1. The predicted molar refractivity (Wildman–Crippen MR) is 130 cm³/mol. The summed E-state index contributed by atoms with van der Waals surface area (Å²) in [5.41, 5.74) is -0.214. The van der Waals surface area contributed by atoms with E-state index in [4.69, 9.17) is 4.74 Å². The van der Waals surface area contributed by atoms with E-state index in [2.05, 4.69) is 34.1 Å². The Kier molecular flexibility index (Phi) is 6.09. The molecule has 1 aliphatic carbocycles. The highest BCUT2D eigenvalue weighted by molar-refractivity contribution is 6.00. The van der Waals surface area contributed by atoms with Gasteiger partial charge in [-0.2, -0.15) is 13.2 Å². The van der Waals surface area contributed by atoms with Gasteiger partial charge >= 0.3 is 6.18 Å². The first-order valence-electron chi connectivity index (χ1n) is 11.9. The van der Waals surface area contributed by atoms with Gasteiger partial charge in [0.1, 0.15) is 0 Å². The number of carbonyl (C=O) groups is 1. The van der Waals surface area contributed by atoms with Crippen molar-refractivity contribution in [2.75, 3.05) is 38.6 Å². The molecule has 1 aromatic carbocycles. The lowest BCUT2D eigenvalue weighted by Gasteiger charge is -2.45. The Bertz CT molecular complexity index is 1180. The monoisotopic (exact) mass is 486 g/mol. The number of fused-ring (bicyclic) bond motifs is 1. The van der Waals surface area contributed by atoms with Crippen molar-refractivity contribution in [2.24, 2.45) is 5.92 Å². The Labute approximate surface area is 202 Å². The summed E-state index contributed by atoms with van der Waals surface area (Å²) >= 11 is 0. The van der Waals surface area contributed by atoms with Crippen molar-refractivity contribution in [1.82, 2.24) is 15.2 Å². The maximum absolute atomic E-state index is 13.6. The molecular formula is C26H29F3N4O2.